The number of likely N-dealkylation sites (N-methyl/N-ethyl adjacent to an activating group) is 1. The molecule has 0 unspecified atom stereocenters. The van der Waals surface area contributed by atoms with Gasteiger partial charge in [-0.25, -0.2) is 0 Å². The van der Waals surface area contributed by atoms with Crippen LogP contribution in [0.5, 0.6) is 0 Å². The first-order valence-electron chi connectivity index (χ1n) is 5.09. The van der Waals surface area contributed by atoms with Crippen LogP contribution >= 0.6 is 23.2 Å². The zero-order chi connectivity index (χ0) is 12.0. The van der Waals surface area contributed by atoms with Crippen molar-refractivity contribution in [1.29, 1.82) is 0 Å². The van der Waals surface area contributed by atoms with Gasteiger partial charge in [-0.15, -0.1) is 0 Å². The average Bonchev–Trinajstić information content (AvgIpc) is 2.27. The normalized spacial score (nSPS) is 10.2. The second-order valence-electron chi connectivity index (χ2n) is 3.23. The molecule has 1 aromatic carbocycles. The molecule has 0 aliphatic carbocycles. The van der Waals surface area contributed by atoms with Gasteiger partial charge < -0.3 is 10.6 Å². The summed E-state index contributed by atoms with van der Waals surface area (Å²) >= 11 is 11.7. The molecule has 3 nitrogen and oxygen atoms in total. The van der Waals surface area contributed by atoms with Crippen molar-refractivity contribution in [3.05, 3.63) is 33.8 Å². The van der Waals surface area contributed by atoms with Gasteiger partial charge in [0.2, 0.25) is 0 Å². The van der Waals surface area contributed by atoms with Crippen molar-refractivity contribution in [2.45, 2.75) is 6.92 Å². The smallest absolute Gasteiger partial charge is 0.252 e. The van der Waals surface area contributed by atoms with Gasteiger partial charge in [0.15, 0.2) is 0 Å². The first-order valence-corrected chi connectivity index (χ1v) is 5.84. The molecule has 1 amide bonds. The molecule has 0 heterocycles. The molecule has 0 saturated heterocycles. The Morgan fingerprint density at radius 2 is 2.06 bits per heavy atom. The van der Waals surface area contributed by atoms with Gasteiger partial charge in [0, 0.05) is 18.1 Å². The highest BCUT2D eigenvalue weighted by Crippen LogP contribution is 2.20. The molecular formula is C11H14Cl2N2O. The molecule has 1 rings (SSSR count). The van der Waals surface area contributed by atoms with Gasteiger partial charge in [-0.3, -0.25) is 4.79 Å². The van der Waals surface area contributed by atoms with Gasteiger partial charge in [-0.2, -0.15) is 0 Å². The average molecular weight is 261 g/mol. The maximum absolute atomic E-state index is 11.7. The summed E-state index contributed by atoms with van der Waals surface area (Å²) in [5.41, 5.74) is 0.408. The minimum Gasteiger partial charge on any atom is -0.351 e. The molecule has 0 aromatic heterocycles. The molecule has 0 saturated carbocycles. The van der Waals surface area contributed by atoms with Crippen LogP contribution in [-0.4, -0.2) is 25.5 Å². The Bertz CT molecular complexity index is 369. The monoisotopic (exact) mass is 260 g/mol. The second kappa shape index (κ2) is 6.74. The number of benzene rings is 1. The van der Waals surface area contributed by atoms with E-state index in [2.05, 4.69) is 10.6 Å². The predicted molar refractivity (Wildman–Crippen MR) is 67.3 cm³/mol. The van der Waals surface area contributed by atoms with Crippen LogP contribution < -0.4 is 10.6 Å². The highest BCUT2D eigenvalue weighted by atomic mass is 35.5. The van der Waals surface area contributed by atoms with Crippen LogP contribution in [0.25, 0.3) is 0 Å². The lowest BCUT2D eigenvalue weighted by Gasteiger charge is -2.07. The summed E-state index contributed by atoms with van der Waals surface area (Å²) in [6, 6.07) is 4.83. The number of carbonyl (C=O) groups is 1. The standard InChI is InChI=1S/C11H14Cl2N2O/c1-2-14-5-6-15-11(16)9-7-8(12)3-4-10(9)13/h3-4,7,14H,2,5-6H2,1H3,(H,15,16). The van der Waals surface area contributed by atoms with E-state index in [4.69, 9.17) is 23.2 Å². The molecule has 1 aromatic rings. The van der Waals surface area contributed by atoms with E-state index < -0.39 is 0 Å². The van der Waals surface area contributed by atoms with Gasteiger partial charge in [0.1, 0.15) is 0 Å². The molecule has 0 radical (unpaired) electrons. The largest absolute Gasteiger partial charge is 0.351 e. The van der Waals surface area contributed by atoms with Crippen LogP contribution in [-0.2, 0) is 0 Å². The fraction of sp³-hybridized carbons (Fsp3) is 0.364. The Morgan fingerprint density at radius 1 is 1.31 bits per heavy atom. The van der Waals surface area contributed by atoms with Crippen LogP contribution in [0.15, 0.2) is 18.2 Å². The summed E-state index contributed by atoms with van der Waals surface area (Å²) in [7, 11) is 0. The highest BCUT2D eigenvalue weighted by Gasteiger charge is 2.09. The van der Waals surface area contributed by atoms with Crippen LogP contribution in [0.4, 0.5) is 0 Å². The number of halogens is 2. The lowest BCUT2D eigenvalue weighted by Crippen LogP contribution is -2.31. The molecule has 16 heavy (non-hydrogen) atoms. The molecule has 0 fully saturated rings. The number of nitrogens with one attached hydrogen (secondary N) is 2. The molecule has 0 spiro atoms. The first-order chi connectivity index (χ1) is 7.65. The third-order valence-corrected chi connectivity index (χ3v) is 2.58. The first kappa shape index (κ1) is 13.3. The van der Waals surface area contributed by atoms with E-state index in [0.29, 0.717) is 22.2 Å². The molecule has 5 heteroatoms. The van der Waals surface area contributed by atoms with Crippen LogP contribution in [0.3, 0.4) is 0 Å². The van der Waals surface area contributed by atoms with Gasteiger partial charge in [-0.1, -0.05) is 30.1 Å². The topological polar surface area (TPSA) is 41.1 Å². The van der Waals surface area contributed by atoms with Crippen molar-refractivity contribution in [2.24, 2.45) is 0 Å². The van der Waals surface area contributed by atoms with Crippen molar-refractivity contribution in [3.63, 3.8) is 0 Å². The van der Waals surface area contributed by atoms with E-state index >= 15 is 0 Å². The van der Waals surface area contributed by atoms with Crippen molar-refractivity contribution in [2.75, 3.05) is 19.6 Å². The number of hydrogen-bond acceptors (Lipinski definition) is 2. The second-order valence-corrected chi connectivity index (χ2v) is 4.08. The van der Waals surface area contributed by atoms with Crippen LogP contribution in [0.2, 0.25) is 10.0 Å². The predicted octanol–water partition coefficient (Wildman–Crippen LogP) is 2.33. The summed E-state index contributed by atoms with van der Waals surface area (Å²) in [4.78, 5) is 11.7. The van der Waals surface area contributed by atoms with Gasteiger partial charge in [0.25, 0.3) is 5.91 Å². The lowest BCUT2D eigenvalue weighted by molar-refractivity contribution is 0.0954. The number of amides is 1. The van der Waals surface area contributed by atoms with E-state index in [0.717, 1.165) is 13.1 Å². The number of hydrogen-bond donors (Lipinski definition) is 2. The zero-order valence-electron chi connectivity index (χ0n) is 9.02. The Kier molecular flexibility index (Phi) is 5.60. The van der Waals surface area contributed by atoms with Crippen LogP contribution in [0.1, 0.15) is 17.3 Å². The van der Waals surface area contributed by atoms with Gasteiger partial charge in [-0.05, 0) is 24.7 Å². The summed E-state index contributed by atoms with van der Waals surface area (Å²) in [5.74, 6) is -0.203. The molecular weight excluding hydrogens is 247 g/mol. The van der Waals surface area contributed by atoms with Gasteiger partial charge in [0.05, 0.1) is 10.6 Å². The lowest BCUT2D eigenvalue weighted by atomic mass is 10.2. The summed E-state index contributed by atoms with van der Waals surface area (Å²) in [6.07, 6.45) is 0. The van der Waals surface area contributed by atoms with E-state index in [1.807, 2.05) is 6.92 Å². The molecule has 88 valence electrons. The Labute approximate surface area is 105 Å². The van der Waals surface area contributed by atoms with Crippen LogP contribution in [0, 0.1) is 0 Å². The van der Waals surface area contributed by atoms with Crippen molar-refractivity contribution >= 4 is 29.1 Å². The maximum atomic E-state index is 11.7. The molecule has 0 bridgehead atoms. The maximum Gasteiger partial charge on any atom is 0.252 e. The SMILES string of the molecule is CCNCCNC(=O)c1cc(Cl)ccc1Cl. The van der Waals surface area contributed by atoms with Crippen molar-refractivity contribution in [3.8, 4) is 0 Å². The van der Waals surface area contributed by atoms with E-state index in [1.54, 1.807) is 18.2 Å². The molecule has 0 atom stereocenters. The fourth-order valence-corrected chi connectivity index (χ4v) is 1.58. The third-order valence-electron chi connectivity index (χ3n) is 2.01. The molecule has 0 aliphatic heterocycles. The van der Waals surface area contributed by atoms with E-state index in [-0.39, 0.29) is 5.91 Å². The molecule has 2 N–H and O–H groups in total. The van der Waals surface area contributed by atoms with Gasteiger partial charge >= 0.3 is 0 Å². The summed E-state index contributed by atoms with van der Waals surface area (Å²) in [5, 5.41) is 6.77. The Balaban J connectivity index is 2.55. The minimum absolute atomic E-state index is 0.203. The quantitative estimate of drug-likeness (QED) is 0.799. The zero-order valence-corrected chi connectivity index (χ0v) is 10.5. The number of rotatable bonds is 5. The molecule has 0 aliphatic rings. The Morgan fingerprint density at radius 3 is 2.75 bits per heavy atom. The summed E-state index contributed by atoms with van der Waals surface area (Å²) in [6.45, 7) is 4.19. The van der Waals surface area contributed by atoms with Crippen molar-refractivity contribution in [1.82, 2.24) is 10.6 Å². The summed E-state index contributed by atoms with van der Waals surface area (Å²) < 4.78 is 0. The Hall–Kier alpha value is -0.770. The highest BCUT2D eigenvalue weighted by molar-refractivity contribution is 6.35. The minimum atomic E-state index is -0.203. The third kappa shape index (κ3) is 4.00. The fourth-order valence-electron chi connectivity index (χ4n) is 1.21. The van der Waals surface area contributed by atoms with E-state index in [9.17, 15) is 4.79 Å². The van der Waals surface area contributed by atoms with Crippen molar-refractivity contribution < 1.29 is 4.79 Å². The van der Waals surface area contributed by atoms with E-state index in [1.165, 1.54) is 0 Å². The number of carbonyl (C=O) groups excluding carboxylic acids is 1.